The maximum atomic E-state index is 11.2. The molecule has 0 heterocycles. The van der Waals surface area contributed by atoms with Gasteiger partial charge in [0.15, 0.2) is 0 Å². The van der Waals surface area contributed by atoms with E-state index in [1.165, 1.54) is 0 Å². The number of phenolic OH excluding ortho intramolecular Hbond substituents is 1. The van der Waals surface area contributed by atoms with E-state index in [9.17, 15) is 9.90 Å². The number of rotatable bonds is 6. The van der Waals surface area contributed by atoms with E-state index < -0.39 is 0 Å². The maximum Gasteiger partial charge on any atom is 0.221 e. The summed E-state index contributed by atoms with van der Waals surface area (Å²) in [4.78, 5) is 11.2. The number of benzene rings is 1. The van der Waals surface area contributed by atoms with Gasteiger partial charge < -0.3 is 15.7 Å². The Kier molecular flexibility index (Phi) is 5.49. The highest BCUT2D eigenvalue weighted by molar-refractivity contribution is 5.75. The molecular weight excluding hydrogens is 216 g/mol. The van der Waals surface area contributed by atoms with Crippen molar-refractivity contribution in [3.63, 3.8) is 0 Å². The first-order chi connectivity index (χ1) is 8.13. The zero-order valence-electron chi connectivity index (χ0n) is 10.4. The Balaban J connectivity index is 2.32. The van der Waals surface area contributed by atoms with Gasteiger partial charge in [-0.3, -0.25) is 4.79 Å². The van der Waals surface area contributed by atoms with Crippen molar-refractivity contribution in [1.29, 1.82) is 0 Å². The second-order valence-corrected chi connectivity index (χ2v) is 3.97. The largest absolute Gasteiger partial charge is 0.508 e. The molecule has 0 bridgehead atoms. The summed E-state index contributed by atoms with van der Waals surface area (Å²) >= 11 is 0. The molecule has 0 radical (unpaired) electrons. The Labute approximate surface area is 102 Å². The van der Waals surface area contributed by atoms with E-state index in [0.717, 1.165) is 5.56 Å². The van der Waals surface area contributed by atoms with Gasteiger partial charge >= 0.3 is 0 Å². The van der Waals surface area contributed by atoms with E-state index in [4.69, 9.17) is 0 Å². The third-order valence-electron chi connectivity index (χ3n) is 2.57. The normalized spacial score (nSPS) is 12.1. The molecule has 1 aromatic carbocycles. The van der Waals surface area contributed by atoms with Crippen LogP contribution in [0.2, 0.25) is 0 Å². The topological polar surface area (TPSA) is 61.4 Å². The highest BCUT2D eigenvalue weighted by atomic mass is 16.3. The molecule has 3 N–H and O–H groups in total. The number of carbonyl (C=O) groups is 1. The third-order valence-corrected chi connectivity index (χ3v) is 2.57. The Hall–Kier alpha value is -1.55. The van der Waals surface area contributed by atoms with E-state index in [2.05, 4.69) is 10.6 Å². The third kappa shape index (κ3) is 4.87. The first-order valence-electron chi connectivity index (χ1n) is 5.92. The zero-order valence-corrected chi connectivity index (χ0v) is 10.4. The van der Waals surface area contributed by atoms with Crippen LogP contribution in [0.1, 0.15) is 31.9 Å². The van der Waals surface area contributed by atoms with Crippen LogP contribution in [0.3, 0.4) is 0 Å². The minimum absolute atomic E-state index is 0.0675. The molecule has 0 aliphatic heterocycles. The van der Waals surface area contributed by atoms with Gasteiger partial charge in [-0.05, 0) is 31.5 Å². The molecule has 94 valence electrons. The van der Waals surface area contributed by atoms with Crippen molar-refractivity contribution in [2.75, 3.05) is 13.1 Å². The van der Waals surface area contributed by atoms with Crippen molar-refractivity contribution >= 4 is 5.91 Å². The Morgan fingerprint density at radius 2 is 2.00 bits per heavy atom. The van der Waals surface area contributed by atoms with Crippen LogP contribution in [0.25, 0.3) is 0 Å². The number of nitrogens with one attached hydrogen (secondary N) is 2. The number of phenols is 1. The Morgan fingerprint density at radius 3 is 2.59 bits per heavy atom. The van der Waals surface area contributed by atoms with Gasteiger partial charge in [-0.15, -0.1) is 0 Å². The van der Waals surface area contributed by atoms with Gasteiger partial charge in [0.2, 0.25) is 5.91 Å². The van der Waals surface area contributed by atoms with Gasteiger partial charge in [0, 0.05) is 25.6 Å². The molecule has 0 saturated carbocycles. The van der Waals surface area contributed by atoms with Gasteiger partial charge in [-0.1, -0.05) is 12.1 Å². The van der Waals surface area contributed by atoms with Crippen LogP contribution in [-0.4, -0.2) is 24.1 Å². The van der Waals surface area contributed by atoms with Crippen molar-refractivity contribution < 1.29 is 9.90 Å². The summed E-state index contributed by atoms with van der Waals surface area (Å²) in [7, 11) is 0. The summed E-state index contributed by atoms with van der Waals surface area (Å²) in [5, 5.41) is 15.2. The molecule has 1 aromatic rings. The van der Waals surface area contributed by atoms with E-state index >= 15 is 0 Å². The molecule has 1 rings (SSSR count). The first kappa shape index (κ1) is 13.5. The summed E-state index contributed by atoms with van der Waals surface area (Å²) in [6.07, 6.45) is 0.482. The molecule has 17 heavy (non-hydrogen) atoms. The van der Waals surface area contributed by atoms with Crippen LogP contribution >= 0.6 is 0 Å². The molecular formula is C13H20N2O2. The molecule has 0 aliphatic rings. The fourth-order valence-corrected chi connectivity index (χ4v) is 1.57. The summed E-state index contributed by atoms with van der Waals surface area (Å²) in [5.74, 6) is 0.334. The van der Waals surface area contributed by atoms with Gasteiger partial charge in [0.05, 0.1) is 0 Å². The molecule has 4 heteroatoms. The fourth-order valence-electron chi connectivity index (χ4n) is 1.57. The van der Waals surface area contributed by atoms with Crippen molar-refractivity contribution in [2.45, 2.75) is 26.3 Å². The van der Waals surface area contributed by atoms with E-state index in [1.54, 1.807) is 12.1 Å². The lowest BCUT2D eigenvalue weighted by Gasteiger charge is -2.14. The number of hydrogen-bond donors (Lipinski definition) is 3. The summed E-state index contributed by atoms with van der Waals surface area (Å²) in [6.45, 7) is 5.26. The molecule has 0 saturated heterocycles. The molecule has 4 nitrogen and oxygen atoms in total. The predicted octanol–water partition coefficient (Wildman–Crippen LogP) is 1.57. The first-order valence-corrected chi connectivity index (χ1v) is 5.92. The standard InChI is InChI=1S/C13H20N2O2/c1-3-14-13(17)8-9-15-10(2)11-4-6-12(16)7-5-11/h4-7,10,15-16H,3,8-9H2,1-2H3,(H,14,17). The van der Waals surface area contributed by atoms with Crippen molar-refractivity contribution in [3.8, 4) is 5.75 Å². The monoisotopic (exact) mass is 236 g/mol. The van der Waals surface area contributed by atoms with Crippen LogP contribution in [0.15, 0.2) is 24.3 Å². The molecule has 0 spiro atoms. The van der Waals surface area contributed by atoms with Gasteiger partial charge in [0.25, 0.3) is 0 Å². The Morgan fingerprint density at radius 1 is 1.35 bits per heavy atom. The molecule has 0 aliphatic carbocycles. The second kappa shape index (κ2) is 6.91. The van der Waals surface area contributed by atoms with Gasteiger partial charge in [-0.2, -0.15) is 0 Å². The lowest BCUT2D eigenvalue weighted by molar-refractivity contribution is -0.120. The average Bonchev–Trinajstić information content (AvgIpc) is 2.30. The zero-order chi connectivity index (χ0) is 12.7. The fraction of sp³-hybridized carbons (Fsp3) is 0.462. The highest BCUT2D eigenvalue weighted by Gasteiger charge is 2.05. The summed E-state index contributed by atoms with van der Waals surface area (Å²) in [6, 6.07) is 7.25. The summed E-state index contributed by atoms with van der Waals surface area (Å²) in [5.41, 5.74) is 1.10. The van der Waals surface area contributed by atoms with E-state index in [-0.39, 0.29) is 17.7 Å². The van der Waals surface area contributed by atoms with Crippen LogP contribution in [-0.2, 0) is 4.79 Å². The van der Waals surface area contributed by atoms with Crippen LogP contribution in [0.5, 0.6) is 5.75 Å². The lowest BCUT2D eigenvalue weighted by Crippen LogP contribution is -2.28. The molecule has 1 amide bonds. The van der Waals surface area contributed by atoms with E-state index in [1.807, 2.05) is 26.0 Å². The van der Waals surface area contributed by atoms with Crippen molar-refractivity contribution in [3.05, 3.63) is 29.8 Å². The molecule has 0 aromatic heterocycles. The van der Waals surface area contributed by atoms with Crippen LogP contribution in [0.4, 0.5) is 0 Å². The number of hydrogen-bond acceptors (Lipinski definition) is 3. The molecule has 0 fully saturated rings. The quantitative estimate of drug-likeness (QED) is 0.702. The number of aromatic hydroxyl groups is 1. The van der Waals surface area contributed by atoms with Crippen LogP contribution in [0, 0.1) is 0 Å². The second-order valence-electron chi connectivity index (χ2n) is 3.97. The van der Waals surface area contributed by atoms with E-state index in [0.29, 0.717) is 19.5 Å². The SMILES string of the molecule is CCNC(=O)CCNC(C)c1ccc(O)cc1. The Bertz CT molecular complexity index is 349. The minimum Gasteiger partial charge on any atom is -0.508 e. The van der Waals surface area contributed by atoms with Gasteiger partial charge in [-0.25, -0.2) is 0 Å². The average molecular weight is 236 g/mol. The maximum absolute atomic E-state index is 11.2. The highest BCUT2D eigenvalue weighted by Crippen LogP contribution is 2.15. The van der Waals surface area contributed by atoms with Crippen molar-refractivity contribution in [1.82, 2.24) is 10.6 Å². The van der Waals surface area contributed by atoms with Crippen molar-refractivity contribution in [2.24, 2.45) is 0 Å². The summed E-state index contributed by atoms with van der Waals surface area (Å²) < 4.78 is 0. The molecule has 1 unspecified atom stereocenters. The smallest absolute Gasteiger partial charge is 0.221 e. The number of carbonyl (C=O) groups excluding carboxylic acids is 1. The molecule has 1 atom stereocenters. The number of amides is 1. The predicted molar refractivity (Wildman–Crippen MR) is 67.8 cm³/mol. The van der Waals surface area contributed by atoms with Crippen LogP contribution < -0.4 is 10.6 Å². The van der Waals surface area contributed by atoms with Gasteiger partial charge in [0.1, 0.15) is 5.75 Å². The lowest BCUT2D eigenvalue weighted by atomic mass is 10.1. The minimum atomic E-state index is 0.0675.